The van der Waals surface area contributed by atoms with E-state index < -0.39 is 5.97 Å². The van der Waals surface area contributed by atoms with E-state index in [0.29, 0.717) is 19.6 Å². The standard InChI is InChI=1S/C25H27NO5/c1-26(17-19-10-11-21-16-23(29-2)13-12-20(21)15-19)24(27)18-31-25(28)9-6-14-30-22-7-4-3-5-8-22/h3-5,7-8,10-13,15-16H,6,9,14,17-18H2,1-2H3. The number of amides is 1. The van der Waals surface area contributed by atoms with E-state index in [1.165, 1.54) is 0 Å². The molecule has 0 aliphatic rings. The summed E-state index contributed by atoms with van der Waals surface area (Å²) in [6, 6.07) is 21.3. The molecule has 3 aromatic rings. The van der Waals surface area contributed by atoms with Gasteiger partial charge in [0.15, 0.2) is 6.61 Å². The van der Waals surface area contributed by atoms with Gasteiger partial charge >= 0.3 is 5.97 Å². The maximum absolute atomic E-state index is 12.3. The van der Waals surface area contributed by atoms with Crippen molar-refractivity contribution in [3.05, 3.63) is 72.3 Å². The minimum Gasteiger partial charge on any atom is -0.497 e. The number of hydrogen-bond donors (Lipinski definition) is 0. The van der Waals surface area contributed by atoms with Crippen LogP contribution in [0, 0.1) is 0 Å². The van der Waals surface area contributed by atoms with Crippen molar-refractivity contribution < 1.29 is 23.8 Å². The molecule has 0 aromatic heterocycles. The molecule has 31 heavy (non-hydrogen) atoms. The predicted molar refractivity (Wildman–Crippen MR) is 119 cm³/mol. The highest BCUT2D eigenvalue weighted by atomic mass is 16.5. The van der Waals surface area contributed by atoms with Crippen molar-refractivity contribution >= 4 is 22.6 Å². The molecule has 0 heterocycles. The molecule has 0 fully saturated rings. The van der Waals surface area contributed by atoms with Gasteiger partial charge in [0.1, 0.15) is 11.5 Å². The first kappa shape index (κ1) is 22.2. The van der Waals surface area contributed by atoms with Crippen molar-refractivity contribution in [1.82, 2.24) is 4.90 Å². The average Bonchev–Trinajstić information content (AvgIpc) is 2.80. The summed E-state index contributed by atoms with van der Waals surface area (Å²) in [6.07, 6.45) is 0.734. The number of esters is 1. The number of rotatable bonds is 10. The van der Waals surface area contributed by atoms with E-state index in [0.717, 1.165) is 27.8 Å². The van der Waals surface area contributed by atoms with Crippen molar-refractivity contribution in [1.29, 1.82) is 0 Å². The Morgan fingerprint density at radius 1 is 0.903 bits per heavy atom. The molecule has 6 nitrogen and oxygen atoms in total. The lowest BCUT2D eigenvalue weighted by Gasteiger charge is -2.17. The number of likely N-dealkylation sites (N-methyl/N-ethyl adjacent to an activating group) is 1. The highest BCUT2D eigenvalue weighted by Crippen LogP contribution is 2.22. The van der Waals surface area contributed by atoms with Crippen molar-refractivity contribution in [3.63, 3.8) is 0 Å². The first-order chi connectivity index (χ1) is 15.0. The molecule has 6 heteroatoms. The minimum absolute atomic E-state index is 0.206. The molecule has 0 saturated heterocycles. The maximum Gasteiger partial charge on any atom is 0.306 e. The van der Waals surface area contributed by atoms with Gasteiger partial charge in [-0.15, -0.1) is 0 Å². The molecule has 162 valence electrons. The zero-order valence-corrected chi connectivity index (χ0v) is 17.9. The van der Waals surface area contributed by atoms with E-state index in [9.17, 15) is 9.59 Å². The smallest absolute Gasteiger partial charge is 0.306 e. The van der Waals surface area contributed by atoms with Gasteiger partial charge in [0.25, 0.3) is 5.91 Å². The zero-order valence-electron chi connectivity index (χ0n) is 17.9. The van der Waals surface area contributed by atoms with Crippen LogP contribution in [0.4, 0.5) is 0 Å². The van der Waals surface area contributed by atoms with Crippen molar-refractivity contribution in [2.45, 2.75) is 19.4 Å². The number of nitrogens with zero attached hydrogens (tertiary/aromatic N) is 1. The molecule has 3 rings (SSSR count). The van der Waals surface area contributed by atoms with Crippen LogP contribution in [0.2, 0.25) is 0 Å². The van der Waals surface area contributed by atoms with E-state index in [1.54, 1.807) is 19.1 Å². The Balaban J connectivity index is 1.39. The predicted octanol–water partition coefficient (Wildman–Crippen LogP) is 4.21. The third-order valence-electron chi connectivity index (χ3n) is 4.85. The summed E-state index contributed by atoms with van der Waals surface area (Å²) >= 11 is 0. The number of benzene rings is 3. The highest BCUT2D eigenvalue weighted by molar-refractivity contribution is 5.85. The number of hydrogen-bond acceptors (Lipinski definition) is 5. The van der Waals surface area contributed by atoms with Crippen LogP contribution in [-0.4, -0.2) is 44.1 Å². The Kier molecular flexibility index (Phi) is 7.87. The summed E-state index contributed by atoms with van der Waals surface area (Å²) in [6.45, 7) is 0.587. The van der Waals surface area contributed by atoms with Gasteiger partial charge in [-0.25, -0.2) is 0 Å². The van der Waals surface area contributed by atoms with E-state index in [-0.39, 0.29) is 18.9 Å². The molecule has 0 bridgehead atoms. The number of ether oxygens (including phenoxy) is 3. The number of carbonyl (C=O) groups excluding carboxylic acids is 2. The Morgan fingerprint density at radius 2 is 1.65 bits per heavy atom. The second kappa shape index (κ2) is 11.0. The molecule has 0 aliphatic heterocycles. The normalized spacial score (nSPS) is 10.5. The van der Waals surface area contributed by atoms with Gasteiger partial charge in [0, 0.05) is 20.0 Å². The van der Waals surface area contributed by atoms with E-state index >= 15 is 0 Å². The largest absolute Gasteiger partial charge is 0.497 e. The van der Waals surface area contributed by atoms with Crippen molar-refractivity contribution in [2.24, 2.45) is 0 Å². The van der Waals surface area contributed by atoms with Gasteiger partial charge in [-0.3, -0.25) is 9.59 Å². The second-order valence-corrected chi connectivity index (χ2v) is 7.22. The molecule has 0 aliphatic carbocycles. The average molecular weight is 421 g/mol. The van der Waals surface area contributed by atoms with Gasteiger partial charge in [-0.1, -0.05) is 36.4 Å². The van der Waals surface area contributed by atoms with Crippen LogP contribution in [-0.2, 0) is 20.9 Å². The molecular weight excluding hydrogens is 394 g/mol. The summed E-state index contributed by atoms with van der Waals surface area (Å²) in [5.41, 5.74) is 0.998. The fourth-order valence-electron chi connectivity index (χ4n) is 3.11. The summed E-state index contributed by atoms with van der Waals surface area (Å²) in [5, 5.41) is 2.14. The molecule has 0 N–H and O–H groups in total. The lowest BCUT2D eigenvalue weighted by atomic mass is 10.1. The molecular formula is C25H27NO5. The van der Waals surface area contributed by atoms with Gasteiger partial charge in [0.2, 0.25) is 0 Å². The SMILES string of the molecule is COc1ccc2cc(CN(C)C(=O)COC(=O)CCCOc3ccccc3)ccc2c1. The first-order valence-electron chi connectivity index (χ1n) is 10.2. The third kappa shape index (κ3) is 6.74. The zero-order chi connectivity index (χ0) is 22.1. The maximum atomic E-state index is 12.3. The topological polar surface area (TPSA) is 65.1 Å². The van der Waals surface area contributed by atoms with Gasteiger partial charge in [-0.05, 0) is 53.1 Å². The molecule has 0 unspecified atom stereocenters. The highest BCUT2D eigenvalue weighted by Gasteiger charge is 2.13. The van der Waals surface area contributed by atoms with Crippen LogP contribution in [0.5, 0.6) is 11.5 Å². The Bertz CT molecular complexity index is 1020. The molecule has 3 aromatic carbocycles. The minimum atomic E-state index is -0.405. The van der Waals surface area contributed by atoms with Crippen LogP contribution in [0.25, 0.3) is 10.8 Å². The van der Waals surface area contributed by atoms with E-state index in [2.05, 4.69) is 0 Å². The Morgan fingerprint density at radius 3 is 2.42 bits per heavy atom. The monoisotopic (exact) mass is 421 g/mol. The lowest BCUT2D eigenvalue weighted by molar-refractivity contribution is -0.151. The van der Waals surface area contributed by atoms with Crippen molar-refractivity contribution in [2.75, 3.05) is 27.4 Å². The van der Waals surface area contributed by atoms with Crippen LogP contribution in [0.1, 0.15) is 18.4 Å². The molecule has 0 saturated carbocycles. The van der Waals surface area contributed by atoms with Gasteiger partial charge in [0.05, 0.1) is 13.7 Å². The van der Waals surface area contributed by atoms with E-state index in [4.69, 9.17) is 14.2 Å². The molecule has 0 spiro atoms. The first-order valence-corrected chi connectivity index (χ1v) is 10.2. The van der Waals surface area contributed by atoms with Crippen LogP contribution >= 0.6 is 0 Å². The number of fused-ring (bicyclic) bond motifs is 1. The van der Waals surface area contributed by atoms with Crippen LogP contribution in [0.15, 0.2) is 66.7 Å². The van der Waals surface area contributed by atoms with Gasteiger partial charge in [-0.2, -0.15) is 0 Å². The number of carbonyl (C=O) groups is 2. The number of para-hydroxylation sites is 1. The lowest BCUT2D eigenvalue weighted by Crippen LogP contribution is -2.30. The third-order valence-corrected chi connectivity index (χ3v) is 4.85. The Labute approximate surface area is 182 Å². The van der Waals surface area contributed by atoms with Crippen molar-refractivity contribution in [3.8, 4) is 11.5 Å². The molecule has 0 atom stereocenters. The Hall–Kier alpha value is -3.54. The summed E-state index contributed by atoms with van der Waals surface area (Å²) in [4.78, 5) is 25.8. The van der Waals surface area contributed by atoms with Crippen LogP contribution < -0.4 is 9.47 Å². The fraction of sp³-hybridized carbons (Fsp3) is 0.280. The van der Waals surface area contributed by atoms with E-state index in [1.807, 2.05) is 66.7 Å². The molecule has 1 amide bonds. The van der Waals surface area contributed by atoms with Gasteiger partial charge < -0.3 is 19.1 Å². The van der Waals surface area contributed by atoms with Crippen LogP contribution in [0.3, 0.4) is 0 Å². The quantitative estimate of drug-likeness (QED) is 0.362. The fourth-order valence-corrected chi connectivity index (χ4v) is 3.11. The molecule has 0 radical (unpaired) electrons. The summed E-state index contributed by atoms with van der Waals surface area (Å²) in [5.74, 6) is 0.920. The summed E-state index contributed by atoms with van der Waals surface area (Å²) < 4.78 is 15.9. The summed E-state index contributed by atoms with van der Waals surface area (Å²) in [7, 11) is 3.34. The second-order valence-electron chi connectivity index (χ2n) is 7.22. The number of methoxy groups -OCH3 is 1.